The summed E-state index contributed by atoms with van der Waals surface area (Å²) < 4.78 is 9.50. The van der Waals surface area contributed by atoms with Gasteiger partial charge in [-0.05, 0) is 36.2 Å². The number of nitro benzene ring substituents is 1. The summed E-state index contributed by atoms with van der Waals surface area (Å²) in [6.45, 7) is -0.597. The number of anilines is 1. The number of esters is 2. The van der Waals surface area contributed by atoms with E-state index in [1.165, 1.54) is 6.07 Å². The highest BCUT2D eigenvalue weighted by atomic mass is 16.6. The Morgan fingerprint density at radius 1 is 1.03 bits per heavy atom. The molecule has 0 fully saturated rings. The summed E-state index contributed by atoms with van der Waals surface area (Å²) in [5.41, 5.74) is 0.784. The Hall–Kier alpha value is -4.08. The van der Waals surface area contributed by atoms with E-state index in [0.717, 1.165) is 30.9 Å². The van der Waals surface area contributed by atoms with Crippen molar-refractivity contribution >= 4 is 35.0 Å². The van der Waals surface area contributed by atoms with E-state index in [1.807, 2.05) is 0 Å². The summed E-state index contributed by atoms with van der Waals surface area (Å²) in [5.74, 6) is -2.44. The Morgan fingerprint density at radius 3 is 2.40 bits per heavy atom. The number of hydrogen-bond donors (Lipinski definition) is 1. The van der Waals surface area contributed by atoms with E-state index < -0.39 is 34.9 Å². The second kappa shape index (κ2) is 8.52. The van der Waals surface area contributed by atoms with Gasteiger partial charge in [0.2, 0.25) is 5.91 Å². The van der Waals surface area contributed by atoms with Gasteiger partial charge >= 0.3 is 11.9 Å². The SMILES string of the molecule is COC(=O)c1cc(C(=O)OCC(=O)c2ccc3c(c2)CCC(=O)N3)cc([N+](=O)[O-])c1. The number of methoxy groups -OCH3 is 1. The van der Waals surface area contributed by atoms with Crippen LogP contribution < -0.4 is 5.32 Å². The fourth-order valence-corrected chi connectivity index (χ4v) is 2.92. The van der Waals surface area contributed by atoms with Crippen molar-refractivity contribution in [2.24, 2.45) is 0 Å². The predicted molar refractivity (Wildman–Crippen MR) is 102 cm³/mol. The number of carbonyl (C=O) groups excluding carboxylic acids is 4. The van der Waals surface area contributed by atoms with E-state index in [1.54, 1.807) is 12.1 Å². The zero-order chi connectivity index (χ0) is 21.8. The molecule has 1 aliphatic heterocycles. The molecule has 1 N–H and O–H groups in total. The Morgan fingerprint density at radius 2 is 1.73 bits per heavy atom. The molecule has 10 heteroatoms. The molecular weight excluding hydrogens is 396 g/mol. The quantitative estimate of drug-likeness (QED) is 0.330. The average molecular weight is 412 g/mol. The molecule has 0 radical (unpaired) electrons. The number of fused-ring (bicyclic) bond motifs is 1. The molecule has 1 amide bonds. The topological polar surface area (TPSA) is 142 Å². The predicted octanol–water partition coefficient (Wildman–Crippen LogP) is 2.31. The van der Waals surface area contributed by atoms with Crippen LogP contribution in [0.5, 0.6) is 0 Å². The highest BCUT2D eigenvalue weighted by Crippen LogP contribution is 2.24. The van der Waals surface area contributed by atoms with E-state index in [9.17, 15) is 29.3 Å². The van der Waals surface area contributed by atoms with Crippen molar-refractivity contribution in [3.63, 3.8) is 0 Å². The second-order valence-corrected chi connectivity index (χ2v) is 6.44. The molecular formula is C20H16N2O8. The number of hydrogen-bond acceptors (Lipinski definition) is 8. The maximum atomic E-state index is 12.4. The molecule has 2 aromatic carbocycles. The molecule has 1 aliphatic rings. The number of aryl methyl sites for hydroxylation is 1. The lowest BCUT2D eigenvalue weighted by atomic mass is 9.99. The largest absolute Gasteiger partial charge is 0.465 e. The first-order chi connectivity index (χ1) is 14.3. The summed E-state index contributed by atoms with van der Waals surface area (Å²) >= 11 is 0. The molecule has 0 bridgehead atoms. The van der Waals surface area contributed by atoms with E-state index in [4.69, 9.17) is 4.74 Å². The van der Waals surface area contributed by atoms with E-state index >= 15 is 0 Å². The summed E-state index contributed by atoms with van der Waals surface area (Å²) in [6, 6.07) is 7.73. The summed E-state index contributed by atoms with van der Waals surface area (Å²) in [6.07, 6.45) is 0.807. The number of nitro groups is 1. The van der Waals surface area contributed by atoms with Gasteiger partial charge in [0.1, 0.15) is 0 Å². The summed E-state index contributed by atoms with van der Waals surface area (Å²) in [4.78, 5) is 58.0. The van der Waals surface area contributed by atoms with Crippen LogP contribution >= 0.6 is 0 Å². The van der Waals surface area contributed by atoms with Gasteiger partial charge in [-0.25, -0.2) is 9.59 Å². The van der Waals surface area contributed by atoms with Gasteiger partial charge in [-0.15, -0.1) is 0 Å². The zero-order valence-corrected chi connectivity index (χ0v) is 15.8. The molecule has 3 rings (SSSR count). The fourth-order valence-electron chi connectivity index (χ4n) is 2.92. The van der Waals surface area contributed by atoms with Crippen LogP contribution in [-0.2, 0) is 20.7 Å². The van der Waals surface area contributed by atoms with Crippen molar-refractivity contribution < 1.29 is 33.6 Å². The molecule has 0 saturated heterocycles. The average Bonchev–Trinajstić information content (AvgIpc) is 2.75. The van der Waals surface area contributed by atoms with Gasteiger partial charge in [-0.1, -0.05) is 0 Å². The van der Waals surface area contributed by atoms with Crippen LogP contribution in [0.1, 0.15) is 43.1 Å². The van der Waals surface area contributed by atoms with Gasteiger partial charge < -0.3 is 14.8 Å². The number of Topliss-reactive ketones (excluding diaryl/α,β-unsaturated/α-hetero) is 1. The fraction of sp³-hybridized carbons (Fsp3) is 0.200. The maximum Gasteiger partial charge on any atom is 0.338 e. The molecule has 10 nitrogen and oxygen atoms in total. The monoisotopic (exact) mass is 412 g/mol. The van der Waals surface area contributed by atoms with Gasteiger partial charge in [0, 0.05) is 29.8 Å². The molecule has 0 aromatic heterocycles. The highest BCUT2D eigenvalue weighted by molar-refractivity contribution is 6.02. The Kier molecular flexibility index (Phi) is 5.86. The minimum absolute atomic E-state index is 0.0983. The first kappa shape index (κ1) is 20.6. The van der Waals surface area contributed by atoms with Crippen molar-refractivity contribution in [3.8, 4) is 0 Å². The van der Waals surface area contributed by atoms with Crippen molar-refractivity contribution in [1.29, 1.82) is 0 Å². The van der Waals surface area contributed by atoms with Crippen LogP contribution in [0.2, 0.25) is 0 Å². The number of non-ortho nitro benzene ring substituents is 1. The first-order valence-electron chi connectivity index (χ1n) is 8.79. The summed E-state index contributed by atoms with van der Waals surface area (Å²) in [7, 11) is 1.10. The third kappa shape index (κ3) is 4.49. The van der Waals surface area contributed by atoms with Crippen molar-refractivity contribution in [2.75, 3.05) is 19.0 Å². The standard InChI is InChI=1S/C20H16N2O8/c1-29-19(25)13-7-14(9-15(8-13)22(27)28)20(26)30-10-17(23)12-2-4-16-11(6-12)3-5-18(24)21-16/h2,4,6-9H,3,5,10H2,1H3,(H,21,24). The lowest BCUT2D eigenvalue weighted by molar-refractivity contribution is -0.384. The minimum Gasteiger partial charge on any atom is -0.465 e. The van der Waals surface area contributed by atoms with Crippen LogP contribution in [0.3, 0.4) is 0 Å². The second-order valence-electron chi connectivity index (χ2n) is 6.44. The highest BCUT2D eigenvalue weighted by Gasteiger charge is 2.21. The molecule has 0 aliphatic carbocycles. The molecule has 0 atom stereocenters. The third-order valence-corrected chi connectivity index (χ3v) is 4.44. The van der Waals surface area contributed by atoms with Crippen LogP contribution in [-0.4, -0.2) is 42.3 Å². The van der Waals surface area contributed by atoms with E-state index in [-0.39, 0.29) is 17.0 Å². The Labute approximate surface area is 169 Å². The Balaban J connectivity index is 1.73. The van der Waals surface area contributed by atoms with Crippen LogP contribution in [0.4, 0.5) is 11.4 Å². The number of nitrogens with zero attached hydrogens (tertiary/aromatic N) is 1. The van der Waals surface area contributed by atoms with Gasteiger partial charge in [0.05, 0.1) is 23.2 Å². The molecule has 0 unspecified atom stereocenters. The smallest absolute Gasteiger partial charge is 0.338 e. The van der Waals surface area contributed by atoms with E-state index in [0.29, 0.717) is 24.1 Å². The first-order valence-corrected chi connectivity index (χ1v) is 8.79. The van der Waals surface area contributed by atoms with Gasteiger partial charge in [0.15, 0.2) is 12.4 Å². The molecule has 0 saturated carbocycles. The van der Waals surface area contributed by atoms with Crippen LogP contribution in [0, 0.1) is 10.1 Å². The van der Waals surface area contributed by atoms with Crippen LogP contribution in [0.25, 0.3) is 0 Å². The number of benzene rings is 2. The summed E-state index contributed by atoms with van der Waals surface area (Å²) in [5, 5.41) is 13.8. The van der Waals surface area contributed by atoms with Gasteiger partial charge in [-0.3, -0.25) is 19.7 Å². The molecule has 2 aromatic rings. The van der Waals surface area contributed by atoms with Gasteiger partial charge in [0.25, 0.3) is 5.69 Å². The number of amides is 1. The number of ketones is 1. The number of carbonyl (C=O) groups is 4. The molecule has 30 heavy (non-hydrogen) atoms. The van der Waals surface area contributed by atoms with Crippen molar-refractivity contribution in [2.45, 2.75) is 12.8 Å². The van der Waals surface area contributed by atoms with Gasteiger partial charge in [-0.2, -0.15) is 0 Å². The number of ether oxygens (including phenoxy) is 2. The minimum atomic E-state index is -0.998. The number of rotatable bonds is 6. The third-order valence-electron chi connectivity index (χ3n) is 4.44. The van der Waals surface area contributed by atoms with E-state index in [2.05, 4.69) is 10.1 Å². The molecule has 154 valence electrons. The lowest BCUT2D eigenvalue weighted by Crippen LogP contribution is -2.20. The van der Waals surface area contributed by atoms with Crippen molar-refractivity contribution in [1.82, 2.24) is 0 Å². The Bertz CT molecular complexity index is 1080. The molecule has 1 heterocycles. The van der Waals surface area contributed by atoms with Crippen molar-refractivity contribution in [3.05, 3.63) is 68.8 Å². The van der Waals surface area contributed by atoms with Crippen LogP contribution in [0.15, 0.2) is 36.4 Å². The maximum absolute atomic E-state index is 12.4. The zero-order valence-electron chi connectivity index (χ0n) is 15.8. The lowest BCUT2D eigenvalue weighted by Gasteiger charge is -2.17. The number of nitrogens with one attached hydrogen (secondary N) is 1. The normalized spacial score (nSPS) is 12.4. The molecule has 0 spiro atoms.